The van der Waals surface area contributed by atoms with E-state index in [1.54, 1.807) is 0 Å². The van der Waals surface area contributed by atoms with Gasteiger partial charge in [0, 0.05) is 6.42 Å². The molecule has 17 heavy (non-hydrogen) atoms. The maximum atomic E-state index is 10.6. The van der Waals surface area contributed by atoms with Gasteiger partial charge in [0.25, 0.3) is 0 Å². The van der Waals surface area contributed by atoms with Crippen LogP contribution in [0.4, 0.5) is 0 Å². The molecule has 0 aliphatic rings. The number of aliphatic hydroxyl groups is 1. The molecule has 1 unspecified atom stereocenters. The third kappa shape index (κ3) is 13.9. The summed E-state index contributed by atoms with van der Waals surface area (Å²) in [5.41, 5.74) is 0. The highest BCUT2D eigenvalue weighted by molar-refractivity contribution is 7.96. The van der Waals surface area contributed by atoms with E-state index in [1.165, 1.54) is 51.4 Å². The van der Waals surface area contributed by atoms with Gasteiger partial charge in [0.05, 0.1) is 6.10 Å². The maximum Gasteiger partial charge on any atom is 0.188 e. The number of carbonyl (C=O) groups excluding carboxylic acids is 1. The third-order valence-corrected chi connectivity index (χ3v) is 3.23. The molecule has 0 radical (unpaired) electrons. The van der Waals surface area contributed by atoms with Crippen LogP contribution in [0.15, 0.2) is 0 Å². The van der Waals surface area contributed by atoms with Crippen LogP contribution >= 0.6 is 12.6 Å². The lowest BCUT2D eigenvalue weighted by Crippen LogP contribution is -2.09. The maximum absolute atomic E-state index is 10.6. The van der Waals surface area contributed by atoms with Crippen molar-refractivity contribution in [3.63, 3.8) is 0 Å². The van der Waals surface area contributed by atoms with E-state index in [4.69, 9.17) is 0 Å². The van der Waals surface area contributed by atoms with Crippen molar-refractivity contribution >= 4 is 17.7 Å². The number of hydrogen-bond acceptors (Lipinski definition) is 2. The number of unbranched alkanes of at least 4 members (excludes halogenated alkanes) is 8. The number of aliphatic hydroxyl groups excluding tert-OH is 1. The fourth-order valence-electron chi connectivity index (χ4n) is 1.99. The Balaban J connectivity index is 3.10. The van der Waals surface area contributed by atoms with E-state index < -0.39 is 6.10 Å². The first-order valence-corrected chi connectivity index (χ1v) is 7.51. The van der Waals surface area contributed by atoms with Crippen LogP contribution in [0.25, 0.3) is 0 Å². The molecule has 1 N–H and O–H groups in total. The van der Waals surface area contributed by atoms with E-state index in [0.29, 0.717) is 0 Å². The molecule has 0 aromatic rings. The lowest BCUT2D eigenvalue weighted by Gasteiger charge is -2.07. The zero-order valence-electron chi connectivity index (χ0n) is 11.2. The smallest absolute Gasteiger partial charge is 0.188 e. The van der Waals surface area contributed by atoms with Gasteiger partial charge < -0.3 is 5.11 Å². The van der Waals surface area contributed by atoms with Crippen molar-refractivity contribution in [1.29, 1.82) is 0 Å². The minimum Gasteiger partial charge on any atom is -0.393 e. The number of carbonyl (C=O) groups is 1. The summed E-state index contributed by atoms with van der Waals surface area (Å²) in [6, 6.07) is 0. The Morgan fingerprint density at radius 3 is 1.94 bits per heavy atom. The highest BCUT2D eigenvalue weighted by Crippen LogP contribution is 2.12. The molecule has 0 saturated carbocycles. The number of rotatable bonds is 12. The zero-order chi connectivity index (χ0) is 12.9. The molecule has 0 spiro atoms. The van der Waals surface area contributed by atoms with Crippen LogP contribution in [0.2, 0.25) is 0 Å². The second kappa shape index (κ2) is 12.4. The molecule has 0 aliphatic carbocycles. The highest BCUT2D eigenvalue weighted by Gasteiger charge is 2.06. The lowest BCUT2D eigenvalue weighted by atomic mass is 10.0. The van der Waals surface area contributed by atoms with Crippen molar-refractivity contribution in [2.75, 3.05) is 0 Å². The normalized spacial score (nSPS) is 12.6. The van der Waals surface area contributed by atoms with E-state index in [0.717, 1.165) is 12.8 Å². The summed E-state index contributed by atoms with van der Waals surface area (Å²) in [7, 11) is 0. The minimum atomic E-state index is -0.482. The summed E-state index contributed by atoms with van der Waals surface area (Å²) < 4.78 is 0. The predicted octanol–water partition coefficient (Wildman–Crippen LogP) is 4.11. The SMILES string of the molecule is CCCCCCCCCCCC(O)CC(=O)S. The molecule has 2 nitrogen and oxygen atoms in total. The van der Waals surface area contributed by atoms with Gasteiger partial charge in [-0.3, -0.25) is 4.79 Å². The highest BCUT2D eigenvalue weighted by atomic mass is 32.1. The fraction of sp³-hybridized carbons (Fsp3) is 0.929. The summed E-state index contributed by atoms with van der Waals surface area (Å²) >= 11 is 3.66. The summed E-state index contributed by atoms with van der Waals surface area (Å²) in [5.74, 6) is 0. The molecule has 1 atom stereocenters. The summed E-state index contributed by atoms with van der Waals surface area (Å²) in [5, 5.41) is 9.24. The predicted molar refractivity (Wildman–Crippen MR) is 76.5 cm³/mol. The Labute approximate surface area is 112 Å². The standard InChI is InChI=1S/C14H28O2S/c1-2-3-4-5-6-7-8-9-10-11-13(15)12-14(16)17/h13,15H,2-12H2,1H3,(H,16,17). The molecule has 0 bridgehead atoms. The Bertz CT molecular complexity index is 183. The topological polar surface area (TPSA) is 37.3 Å². The van der Waals surface area contributed by atoms with Crippen LogP contribution < -0.4 is 0 Å². The molecule has 0 rings (SSSR count). The van der Waals surface area contributed by atoms with Gasteiger partial charge in [0.2, 0.25) is 0 Å². The van der Waals surface area contributed by atoms with Gasteiger partial charge in [-0.2, -0.15) is 0 Å². The van der Waals surface area contributed by atoms with Gasteiger partial charge in [-0.1, -0.05) is 64.7 Å². The average Bonchev–Trinajstić information content (AvgIpc) is 2.26. The van der Waals surface area contributed by atoms with Crippen LogP contribution in [0.5, 0.6) is 0 Å². The molecule has 0 heterocycles. The Morgan fingerprint density at radius 2 is 1.47 bits per heavy atom. The van der Waals surface area contributed by atoms with Gasteiger partial charge in [-0.05, 0) is 6.42 Å². The van der Waals surface area contributed by atoms with Crippen molar-refractivity contribution in [1.82, 2.24) is 0 Å². The van der Waals surface area contributed by atoms with Crippen molar-refractivity contribution in [3.05, 3.63) is 0 Å². The molecule has 0 fully saturated rings. The molecule has 0 aromatic carbocycles. The van der Waals surface area contributed by atoms with Crippen LogP contribution in [-0.4, -0.2) is 16.3 Å². The van der Waals surface area contributed by atoms with Crippen LogP contribution in [0, 0.1) is 0 Å². The van der Waals surface area contributed by atoms with Crippen LogP contribution in [0.1, 0.15) is 77.6 Å². The molecule has 0 aliphatic heterocycles. The lowest BCUT2D eigenvalue weighted by molar-refractivity contribution is -0.112. The molecular weight excluding hydrogens is 232 g/mol. The Hall–Kier alpha value is -0.0200. The van der Waals surface area contributed by atoms with E-state index in [-0.39, 0.29) is 11.5 Å². The molecule has 0 amide bonds. The third-order valence-electron chi connectivity index (χ3n) is 3.05. The van der Waals surface area contributed by atoms with Gasteiger partial charge in [-0.25, -0.2) is 0 Å². The first-order valence-electron chi connectivity index (χ1n) is 7.06. The Kier molecular flexibility index (Phi) is 12.4. The zero-order valence-corrected chi connectivity index (χ0v) is 12.1. The van der Waals surface area contributed by atoms with E-state index in [1.807, 2.05) is 0 Å². The molecule has 0 aromatic heterocycles. The Morgan fingerprint density at radius 1 is 1.00 bits per heavy atom. The van der Waals surface area contributed by atoms with Gasteiger partial charge >= 0.3 is 0 Å². The van der Waals surface area contributed by atoms with Crippen molar-refractivity contribution in [2.24, 2.45) is 0 Å². The van der Waals surface area contributed by atoms with Crippen molar-refractivity contribution in [2.45, 2.75) is 83.7 Å². The quantitative estimate of drug-likeness (QED) is 0.409. The summed E-state index contributed by atoms with van der Waals surface area (Å²) in [6.07, 6.45) is 12.0. The second-order valence-electron chi connectivity index (χ2n) is 4.87. The summed E-state index contributed by atoms with van der Waals surface area (Å²) in [4.78, 5) is 10.6. The van der Waals surface area contributed by atoms with E-state index in [9.17, 15) is 9.90 Å². The van der Waals surface area contributed by atoms with Gasteiger partial charge in [0.1, 0.15) is 0 Å². The van der Waals surface area contributed by atoms with Gasteiger partial charge in [0.15, 0.2) is 5.12 Å². The second-order valence-corrected chi connectivity index (χ2v) is 5.37. The van der Waals surface area contributed by atoms with Gasteiger partial charge in [-0.15, -0.1) is 12.6 Å². The molecular formula is C14H28O2S. The first kappa shape index (κ1) is 17.0. The van der Waals surface area contributed by atoms with Crippen LogP contribution in [-0.2, 0) is 4.79 Å². The monoisotopic (exact) mass is 260 g/mol. The minimum absolute atomic E-state index is 0.195. The molecule has 3 heteroatoms. The van der Waals surface area contributed by atoms with E-state index >= 15 is 0 Å². The number of thiol groups is 1. The fourth-order valence-corrected chi connectivity index (χ4v) is 2.21. The van der Waals surface area contributed by atoms with E-state index in [2.05, 4.69) is 19.6 Å². The molecule has 0 saturated heterocycles. The van der Waals surface area contributed by atoms with Crippen LogP contribution in [0.3, 0.4) is 0 Å². The van der Waals surface area contributed by atoms with Crippen molar-refractivity contribution in [3.8, 4) is 0 Å². The molecule has 102 valence electrons. The summed E-state index contributed by atoms with van der Waals surface area (Å²) in [6.45, 7) is 2.24. The average molecular weight is 260 g/mol. The first-order chi connectivity index (χ1) is 8.16. The largest absolute Gasteiger partial charge is 0.393 e. The van der Waals surface area contributed by atoms with Crippen molar-refractivity contribution < 1.29 is 9.90 Å². The number of hydrogen-bond donors (Lipinski definition) is 2.